The van der Waals surface area contributed by atoms with E-state index in [1.165, 1.54) is 7.11 Å². The Hall–Kier alpha value is -3.59. The van der Waals surface area contributed by atoms with Gasteiger partial charge in [0, 0.05) is 11.6 Å². The van der Waals surface area contributed by atoms with E-state index < -0.39 is 29.6 Å². The van der Waals surface area contributed by atoms with E-state index >= 15 is 0 Å². The molecule has 3 amide bonds. The fraction of sp³-hybridized carbons (Fsp3) is 0.100. The van der Waals surface area contributed by atoms with Crippen LogP contribution in [0.4, 0.5) is 16.2 Å². The number of methoxy groups -OCH3 is 1. The number of carbonyl (C=O) groups is 4. The molecule has 0 radical (unpaired) electrons. The molecule has 0 aromatic heterocycles. The fourth-order valence-electron chi connectivity index (χ4n) is 3.28. The van der Waals surface area contributed by atoms with Crippen molar-refractivity contribution in [1.29, 1.82) is 0 Å². The summed E-state index contributed by atoms with van der Waals surface area (Å²) in [5, 5.41) is 8.60. The highest BCUT2D eigenvalue weighted by Gasteiger charge is 2.44. The molecule has 1 fully saturated rings. The number of fused-ring (bicyclic) bond motifs is 1. The quantitative estimate of drug-likeness (QED) is 0.773. The molecule has 8 nitrogen and oxygen atoms in total. The third kappa shape index (κ3) is 3.05. The average Bonchev–Trinajstić information content (AvgIpc) is 3.14. The van der Waals surface area contributed by atoms with Gasteiger partial charge >= 0.3 is 5.97 Å². The number of rotatable bonds is 4. The molecule has 0 unspecified atom stereocenters. The number of para-hydroxylation sites is 1. The van der Waals surface area contributed by atoms with Crippen molar-refractivity contribution in [3.63, 3.8) is 0 Å². The monoisotopic (exact) mass is 410 g/mol. The molecule has 0 bridgehead atoms. The van der Waals surface area contributed by atoms with Gasteiger partial charge in [-0.25, -0.2) is 4.90 Å². The van der Waals surface area contributed by atoms with Crippen molar-refractivity contribution in [3.8, 4) is 5.75 Å². The minimum atomic E-state index is -1.18. The van der Waals surface area contributed by atoms with Gasteiger partial charge in [-0.1, -0.05) is 24.3 Å². The fourth-order valence-corrected chi connectivity index (χ4v) is 4.22. The third-order valence-corrected chi connectivity index (χ3v) is 5.46. The van der Waals surface area contributed by atoms with E-state index in [1.807, 2.05) is 0 Å². The Bertz CT molecular complexity index is 1110. The van der Waals surface area contributed by atoms with Crippen molar-refractivity contribution in [3.05, 3.63) is 59.0 Å². The lowest BCUT2D eigenvalue weighted by atomic mass is 10.1. The second-order valence-electron chi connectivity index (χ2n) is 6.22. The van der Waals surface area contributed by atoms with Gasteiger partial charge in [-0.2, -0.15) is 0 Å². The number of carboxylic acid groups (broad SMARTS) is 1. The number of carbonyl (C=O) groups excluding carboxylic acids is 3. The van der Waals surface area contributed by atoms with Crippen LogP contribution in [0.2, 0.25) is 0 Å². The molecule has 29 heavy (non-hydrogen) atoms. The summed E-state index contributed by atoms with van der Waals surface area (Å²) in [6.07, 6.45) is 0. The van der Waals surface area contributed by atoms with E-state index in [2.05, 4.69) is 0 Å². The summed E-state index contributed by atoms with van der Waals surface area (Å²) < 4.78 is 5.14. The Morgan fingerprint density at radius 3 is 2.55 bits per heavy atom. The Balaban J connectivity index is 1.81. The number of amides is 3. The van der Waals surface area contributed by atoms with E-state index in [0.29, 0.717) is 34.4 Å². The summed E-state index contributed by atoms with van der Waals surface area (Å²) in [7, 11) is 1.47. The van der Waals surface area contributed by atoms with Gasteiger partial charge in [-0.15, -0.1) is 0 Å². The predicted octanol–water partition coefficient (Wildman–Crippen LogP) is 2.74. The second kappa shape index (κ2) is 7.10. The zero-order valence-corrected chi connectivity index (χ0v) is 15.9. The first-order valence-corrected chi connectivity index (χ1v) is 9.31. The zero-order valence-electron chi connectivity index (χ0n) is 15.1. The Labute approximate surface area is 169 Å². The van der Waals surface area contributed by atoms with Crippen LogP contribution in [-0.4, -0.2) is 41.8 Å². The number of imide groups is 1. The summed E-state index contributed by atoms with van der Waals surface area (Å²) in [4.78, 5) is 51.9. The largest absolute Gasteiger partial charge is 0.497 e. The summed E-state index contributed by atoms with van der Waals surface area (Å²) in [6, 6.07) is 13.1. The normalized spacial score (nSPS) is 18.4. The SMILES string of the molecule is COc1cccc(N2C(=O)S/C(=C3\C(=O)N(CC(=O)O)c4ccccc43)C2=O)c1. The molecular formula is C20H14N2O6S. The van der Waals surface area contributed by atoms with Gasteiger partial charge in [0.05, 0.1) is 29.0 Å². The Kier molecular flexibility index (Phi) is 4.59. The van der Waals surface area contributed by atoms with Gasteiger partial charge in [0.15, 0.2) is 0 Å². The van der Waals surface area contributed by atoms with Crippen molar-refractivity contribution < 1.29 is 29.0 Å². The standard InChI is InChI=1S/C20H14N2O6S/c1-28-12-6-4-5-11(9-12)22-19(26)17(29-20(22)27)16-13-7-2-3-8-14(13)21(18(16)25)10-15(23)24/h2-9H,10H2,1H3,(H,23,24)/b17-16-. The molecule has 2 aliphatic heterocycles. The minimum absolute atomic E-state index is 0.0249. The van der Waals surface area contributed by atoms with Crippen molar-refractivity contribution >= 4 is 51.7 Å². The van der Waals surface area contributed by atoms with Gasteiger partial charge in [0.2, 0.25) is 0 Å². The van der Waals surface area contributed by atoms with Crippen LogP contribution in [0.1, 0.15) is 5.56 Å². The highest BCUT2D eigenvalue weighted by molar-refractivity contribution is 8.19. The van der Waals surface area contributed by atoms with E-state index in [9.17, 15) is 19.2 Å². The maximum Gasteiger partial charge on any atom is 0.323 e. The number of carboxylic acids is 1. The molecule has 0 saturated carbocycles. The highest BCUT2D eigenvalue weighted by atomic mass is 32.2. The lowest BCUT2D eigenvalue weighted by Gasteiger charge is -2.14. The minimum Gasteiger partial charge on any atom is -0.497 e. The van der Waals surface area contributed by atoms with Crippen molar-refractivity contribution in [2.45, 2.75) is 0 Å². The first-order valence-electron chi connectivity index (χ1n) is 8.50. The van der Waals surface area contributed by atoms with Crippen LogP contribution in [-0.2, 0) is 14.4 Å². The van der Waals surface area contributed by atoms with Gasteiger partial charge < -0.3 is 9.84 Å². The van der Waals surface area contributed by atoms with Crippen LogP contribution in [0.15, 0.2) is 53.4 Å². The lowest BCUT2D eigenvalue weighted by molar-refractivity contribution is -0.136. The van der Waals surface area contributed by atoms with Crippen molar-refractivity contribution in [2.24, 2.45) is 0 Å². The van der Waals surface area contributed by atoms with Gasteiger partial charge in [0.25, 0.3) is 17.1 Å². The predicted molar refractivity (Wildman–Crippen MR) is 107 cm³/mol. The number of aliphatic carboxylic acids is 1. The first kappa shape index (κ1) is 18.8. The van der Waals surface area contributed by atoms with Crippen LogP contribution in [0.25, 0.3) is 5.57 Å². The molecule has 0 aliphatic carbocycles. The van der Waals surface area contributed by atoms with Crippen LogP contribution < -0.4 is 14.5 Å². The maximum atomic E-state index is 13.1. The van der Waals surface area contributed by atoms with Crippen LogP contribution >= 0.6 is 11.8 Å². The number of hydrogen-bond acceptors (Lipinski definition) is 6. The number of thioether (sulfide) groups is 1. The van der Waals surface area contributed by atoms with E-state index in [4.69, 9.17) is 9.84 Å². The molecule has 0 spiro atoms. The number of nitrogens with zero attached hydrogens (tertiary/aromatic N) is 2. The number of anilines is 2. The summed E-state index contributed by atoms with van der Waals surface area (Å²) in [6.45, 7) is -0.543. The zero-order chi connectivity index (χ0) is 20.7. The highest BCUT2D eigenvalue weighted by Crippen LogP contribution is 2.45. The smallest absolute Gasteiger partial charge is 0.323 e. The van der Waals surface area contributed by atoms with Crippen LogP contribution in [0.5, 0.6) is 5.75 Å². The molecule has 2 aliphatic rings. The average molecular weight is 410 g/mol. The number of hydrogen-bond donors (Lipinski definition) is 1. The number of benzene rings is 2. The van der Waals surface area contributed by atoms with Crippen LogP contribution in [0.3, 0.4) is 0 Å². The summed E-state index contributed by atoms with van der Waals surface area (Å²) in [5.74, 6) is -1.96. The van der Waals surface area contributed by atoms with Gasteiger partial charge in [-0.05, 0) is 30.0 Å². The molecule has 1 saturated heterocycles. The second-order valence-corrected chi connectivity index (χ2v) is 7.18. The molecule has 1 N–H and O–H groups in total. The third-order valence-electron chi connectivity index (χ3n) is 4.52. The molecule has 9 heteroatoms. The van der Waals surface area contributed by atoms with E-state index in [0.717, 1.165) is 9.80 Å². The summed E-state index contributed by atoms with van der Waals surface area (Å²) in [5.41, 5.74) is 1.18. The topological polar surface area (TPSA) is 104 Å². The lowest BCUT2D eigenvalue weighted by Crippen LogP contribution is -2.32. The molecule has 2 aromatic rings. The van der Waals surface area contributed by atoms with E-state index in [-0.39, 0.29) is 10.5 Å². The van der Waals surface area contributed by atoms with Crippen molar-refractivity contribution in [2.75, 3.05) is 23.5 Å². The van der Waals surface area contributed by atoms with E-state index in [1.54, 1.807) is 48.5 Å². The Morgan fingerprint density at radius 2 is 1.83 bits per heavy atom. The molecule has 2 aromatic carbocycles. The maximum absolute atomic E-state index is 13.1. The molecular weight excluding hydrogens is 396 g/mol. The van der Waals surface area contributed by atoms with Crippen molar-refractivity contribution in [1.82, 2.24) is 0 Å². The van der Waals surface area contributed by atoms with Crippen LogP contribution in [0, 0.1) is 0 Å². The van der Waals surface area contributed by atoms with Gasteiger partial charge in [-0.3, -0.25) is 24.1 Å². The molecule has 4 rings (SSSR count). The van der Waals surface area contributed by atoms with Gasteiger partial charge in [0.1, 0.15) is 12.3 Å². The molecule has 146 valence electrons. The first-order chi connectivity index (χ1) is 13.9. The molecule has 0 atom stereocenters. The number of ether oxygens (including phenoxy) is 1. The Morgan fingerprint density at radius 1 is 1.07 bits per heavy atom. The molecule has 2 heterocycles. The summed E-state index contributed by atoms with van der Waals surface area (Å²) >= 11 is 0.657.